The van der Waals surface area contributed by atoms with Gasteiger partial charge in [-0.25, -0.2) is 8.42 Å². The zero-order valence-electron chi connectivity index (χ0n) is 26.3. The Balaban J connectivity index is 1.60. The molecule has 6 rings (SSSR count). The summed E-state index contributed by atoms with van der Waals surface area (Å²) in [6, 6.07) is 13.9. The van der Waals surface area contributed by atoms with Crippen LogP contribution >= 0.6 is 11.3 Å². The molecule has 12 heteroatoms. The van der Waals surface area contributed by atoms with Gasteiger partial charge in [-0.1, -0.05) is 44.6 Å². The van der Waals surface area contributed by atoms with Gasteiger partial charge in [-0.05, 0) is 96.3 Å². The number of nitrogens with zero attached hydrogens (tertiary/aromatic N) is 1. The number of sulfonamides is 1. The predicted octanol–water partition coefficient (Wildman–Crippen LogP) is 7.02. The summed E-state index contributed by atoms with van der Waals surface area (Å²) in [6.45, 7) is -0.510. The molecule has 4 aromatic rings. The number of furan rings is 2. The first-order valence-corrected chi connectivity index (χ1v) is 18.9. The van der Waals surface area contributed by atoms with Crippen molar-refractivity contribution in [2.75, 3.05) is 0 Å². The molecule has 3 N–H and O–H groups in total. The highest BCUT2D eigenvalue weighted by atomic mass is 32.2. The third-order valence-corrected chi connectivity index (χ3v) is 13.0. The minimum Gasteiger partial charge on any atom is -0.480 e. The number of carboxylic acid groups (broad SMARTS) is 2. The Morgan fingerprint density at radius 2 is 1.49 bits per heavy atom. The third-order valence-electron chi connectivity index (χ3n) is 10.3. The van der Waals surface area contributed by atoms with E-state index in [-0.39, 0.29) is 12.3 Å². The Kier molecular flexibility index (Phi) is 9.93. The largest absolute Gasteiger partial charge is 0.480 e. The average molecular weight is 683 g/mol. The Hall–Kier alpha value is -3.45. The van der Waals surface area contributed by atoms with Crippen LogP contribution in [0.1, 0.15) is 81.3 Å². The van der Waals surface area contributed by atoms with E-state index in [0.717, 1.165) is 27.2 Å². The van der Waals surface area contributed by atoms with E-state index in [1.165, 1.54) is 12.5 Å². The summed E-state index contributed by atoms with van der Waals surface area (Å²) < 4.78 is 43.4. The third kappa shape index (κ3) is 6.28. The maximum Gasteiger partial charge on any atom is 0.328 e. The van der Waals surface area contributed by atoms with Gasteiger partial charge in [-0.3, -0.25) is 14.9 Å². The van der Waals surface area contributed by atoms with E-state index in [0.29, 0.717) is 62.7 Å². The first-order chi connectivity index (χ1) is 22.7. The Morgan fingerprint density at radius 1 is 0.851 bits per heavy atom. The quantitative estimate of drug-likeness (QED) is 0.128. The van der Waals surface area contributed by atoms with Crippen molar-refractivity contribution in [2.45, 2.75) is 94.1 Å². The van der Waals surface area contributed by atoms with Crippen molar-refractivity contribution < 1.29 is 37.1 Å². The summed E-state index contributed by atoms with van der Waals surface area (Å²) in [4.78, 5) is 28.6. The highest BCUT2D eigenvalue weighted by Gasteiger charge is 2.72. The number of thiophene rings is 1. The molecule has 2 atom stereocenters. The van der Waals surface area contributed by atoms with Crippen LogP contribution in [0.5, 0.6) is 0 Å². The molecule has 2 saturated carbocycles. The van der Waals surface area contributed by atoms with Gasteiger partial charge in [-0.15, -0.1) is 11.3 Å². The maximum absolute atomic E-state index is 15.1. The molecule has 0 aliphatic heterocycles. The topological polar surface area (TPSA) is 150 Å². The number of aliphatic carboxylic acids is 2. The molecule has 0 bridgehead atoms. The molecular weight excluding hydrogens is 641 g/mol. The van der Waals surface area contributed by atoms with E-state index in [2.05, 4.69) is 5.32 Å². The van der Waals surface area contributed by atoms with E-state index in [1.807, 2.05) is 17.5 Å². The number of hydrogen-bond acceptors (Lipinski definition) is 8. The van der Waals surface area contributed by atoms with Crippen molar-refractivity contribution in [3.8, 4) is 0 Å². The second-order valence-electron chi connectivity index (χ2n) is 12.9. The van der Waals surface area contributed by atoms with E-state index >= 15 is 8.42 Å². The molecule has 3 aromatic heterocycles. The van der Waals surface area contributed by atoms with Crippen molar-refractivity contribution in [3.05, 3.63) is 83.5 Å². The van der Waals surface area contributed by atoms with Crippen LogP contribution in [0.25, 0.3) is 10.1 Å². The van der Waals surface area contributed by atoms with E-state index in [4.69, 9.17) is 8.83 Å². The fourth-order valence-corrected chi connectivity index (χ4v) is 10.9. The van der Waals surface area contributed by atoms with Gasteiger partial charge in [0.15, 0.2) is 11.1 Å². The zero-order chi connectivity index (χ0) is 33.1. The smallest absolute Gasteiger partial charge is 0.328 e. The minimum absolute atomic E-state index is 0.0823. The summed E-state index contributed by atoms with van der Waals surface area (Å²) >= 11 is 1.55. The standard InChI is InChI=1S/C35H42N2O8S2/c38-32(39)34(27-9-3-1-4-10-27,36-22-29-13-7-18-44-29)35(33(40)41,28-11-5-2-6-12-28)37(23-30-14-8-19-45-30)47(42,43)24-25-15-16-31-26(21-25)17-20-46-31/h7-8,13-21,27-28,36H,1-6,9-12,22-24H2,(H,38,39)(H,40,41)/t34-,35?/m0/s1. The second-order valence-corrected chi connectivity index (χ2v) is 15.8. The highest BCUT2D eigenvalue weighted by Crippen LogP contribution is 2.52. The van der Waals surface area contributed by atoms with Crippen LogP contribution in [0.2, 0.25) is 0 Å². The van der Waals surface area contributed by atoms with Gasteiger partial charge in [-0.2, -0.15) is 4.31 Å². The molecule has 0 spiro atoms. The summed E-state index contributed by atoms with van der Waals surface area (Å²) in [7, 11) is -4.51. The molecule has 3 heterocycles. The van der Waals surface area contributed by atoms with Crippen LogP contribution in [0.4, 0.5) is 0 Å². The Bertz CT molecular complexity index is 1760. The van der Waals surface area contributed by atoms with Crippen LogP contribution in [-0.2, 0) is 38.5 Å². The highest BCUT2D eigenvalue weighted by molar-refractivity contribution is 7.88. The number of hydrogen-bond donors (Lipinski definition) is 3. The number of benzene rings is 1. The lowest BCUT2D eigenvalue weighted by Gasteiger charge is -2.57. The Morgan fingerprint density at radius 3 is 2.09 bits per heavy atom. The molecular formula is C35H42N2O8S2. The van der Waals surface area contributed by atoms with Gasteiger partial charge >= 0.3 is 11.9 Å². The maximum atomic E-state index is 15.1. The second kappa shape index (κ2) is 14.0. The summed E-state index contributed by atoms with van der Waals surface area (Å²) in [6.07, 6.45) is 9.06. The number of fused-ring (bicyclic) bond motifs is 1. The van der Waals surface area contributed by atoms with Crippen molar-refractivity contribution in [1.82, 2.24) is 9.62 Å². The van der Waals surface area contributed by atoms with Crippen molar-refractivity contribution >= 4 is 43.4 Å². The number of rotatable bonds is 14. The molecule has 252 valence electrons. The van der Waals surface area contributed by atoms with E-state index in [1.54, 1.807) is 47.7 Å². The van der Waals surface area contributed by atoms with Crippen LogP contribution in [0, 0.1) is 11.8 Å². The lowest BCUT2D eigenvalue weighted by molar-refractivity contribution is -0.180. The normalized spacial score (nSPS) is 19.4. The van der Waals surface area contributed by atoms with Gasteiger partial charge in [0, 0.05) is 4.70 Å². The van der Waals surface area contributed by atoms with Gasteiger partial charge < -0.3 is 19.0 Å². The lowest BCUT2D eigenvalue weighted by atomic mass is 9.57. The molecule has 0 saturated heterocycles. The molecule has 47 heavy (non-hydrogen) atoms. The summed E-state index contributed by atoms with van der Waals surface area (Å²) in [5.74, 6) is -4.13. The van der Waals surface area contributed by atoms with Crippen LogP contribution in [0.3, 0.4) is 0 Å². The van der Waals surface area contributed by atoms with Crippen molar-refractivity contribution in [1.29, 1.82) is 0 Å². The van der Waals surface area contributed by atoms with Crippen molar-refractivity contribution in [3.63, 3.8) is 0 Å². The molecule has 2 aliphatic rings. The SMILES string of the molecule is O=C(O)C(C1CCCCC1)(N(Cc1ccco1)S(=O)(=O)Cc1ccc2sccc2c1)[C@@](NCc1ccco1)(C(=O)O)C1CCCCC1. The minimum atomic E-state index is -4.51. The van der Waals surface area contributed by atoms with E-state index < -0.39 is 57.2 Å². The van der Waals surface area contributed by atoms with Gasteiger partial charge in [0.2, 0.25) is 10.0 Å². The molecule has 2 aliphatic carbocycles. The fraction of sp³-hybridized carbons (Fsp3) is 0.486. The van der Waals surface area contributed by atoms with Crippen LogP contribution in [-0.4, -0.2) is 46.0 Å². The number of carbonyl (C=O) groups is 2. The van der Waals surface area contributed by atoms with Gasteiger partial charge in [0.05, 0.1) is 31.4 Å². The fourth-order valence-electron chi connectivity index (χ4n) is 8.25. The van der Waals surface area contributed by atoms with Crippen molar-refractivity contribution in [2.24, 2.45) is 11.8 Å². The molecule has 2 fully saturated rings. The van der Waals surface area contributed by atoms with E-state index in [9.17, 15) is 19.8 Å². The first kappa shape index (κ1) is 33.5. The average Bonchev–Trinajstić information content (AvgIpc) is 3.86. The van der Waals surface area contributed by atoms with Gasteiger partial charge in [0.1, 0.15) is 11.5 Å². The molecule has 0 radical (unpaired) electrons. The predicted molar refractivity (Wildman–Crippen MR) is 178 cm³/mol. The Labute approximate surface area is 278 Å². The number of carboxylic acids is 2. The molecule has 10 nitrogen and oxygen atoms in total. The van der Waals surface area contributed by atoms with Gasteiger partial charge in [0.25, 0.3) is 0 Å². The lowest BCUT2D eigenvalue weighted by Crippen LogP contribution is -2.82. The number of nitrogens with one attached hydrogen (secondary N) is 1. The monoisotopic (exact) mass is 682 g/mol. The van der Waals surface area contributed by atoms with Crippen LogP contribution < -0.4 is 5.32 Å². The first-order valence-electron chi connectivity index (χ1n) is 16.4. The molecule has 1 aromatic carbocycles. The summed E-state index contributed by atoms with van der Waals surface area (Å²) in [5, 5.41) is 29.3. The van der Waals surface area contributed by atoms with Crippen LogP contribution in [0.15, 0.2) is 75.3 Å². The summed E-state index contributed by atoms with van der Waals surface area (Å²) in [5.41, 5.74) is -4.12. The zero-order valence-corrected chi connectivity index (χ0v) is 27.9. The molecule has 1 unspecified atom stereocenters. The molecule has 0 amide bonds.